The summed E-state index contributed by atoms with van der Waals surface area (Å²) in [6, 6.07) is 3.88. The van der Waals surface area contributed by atoms with Crippen LogP contribution in [0.4, 0.5) is 0 Å². The number of carbonyl (C=O) groups is 1. The van der Waals surface area contributed by atoms with E-state index in [0.717, 1.165) is 10.8 Å². The van der Waals surface area contributed by atoms with Gasteiger partial charge in [-0.3, -0.25) is 4.79 Å². The lowest BCUT2D eigenvalue weighted by molar-refractivity contribution is -0.140. The van der Waals surface area contributed by atoms with Crippen LogP contribution in [0.2, 0.25) is 4.34 Å². The fourth-order valence-electron chi connectivity index (χ4n) is 2.52. The van der Waals surface area contributed by atoms with Gasteiger partial charge >= 0.3 is 5.97 Å². The van der Waals surface area contributed by atoms with Crippen LogP contribution < -0.4 is 0 Å². The molecule has 2 fully saturated rings. The molecular formula is C11H11ClO3S. The van der Waals surface area contributed by atoms with Gasteiger partial charge in [-0.1, -0.05) is 11.6 Å². The summed E-state index contributed by atoms with van der Waals surface area (Å²) in [6.45, 7) is 1.27. The first-order valence-corrected chi connectivity index (χ1v) is 6.39. The van der Waals surface area contributed by atoms with Crippen LogP contribution in [0.1, 0.15) is 11.3 Å². The van der Waals surface area contributed by atoms with Crippen molar-refractivity contribution >= 4 is 28.9 Å². The summed E-state index contributed by atoms with van der Waals surface area (Å²) in [5.74, 6) is -0.642. The number of rotatable bonds is 3. The predicted octanol–water partition coefficient (Wildman–Crippen LogP) is 2.39. The maximum atomic E-state index is 10.9. The number of hydrogen-bond acceptors (Lipinski definition) is 3. The normalized spacial score (nSPS) is 30.8. The standard InChI is InChI=1S/C11H11ClO3S/c12-9-2-1-8(16-9)11(4-15-5-11)7-3-6(7)10(13)14/h1-2,6-7H,3-5H2,(H,13,14). The molecule has 1 N–H and O–H groups in total. The predicted molar refractivity (Wildman–Crippen MR) is 61.1 cm³/mol. The molecule has 3 rings (SSSR count). The number of thiophene rings is 1. The topological polar surface area (TPSA) is 46.5 Å². The largest absolute Gasteiger partial charge is 0.481 e. The molecule has 0 bridgehead atoms. The average molecular weight is 259 g/mol. The van der Waals surface area contributed by atoms with Crippen molar-refractivity contribution in [1.29, 1.82) is 0 Å². The molecule has 1 aliphatic heterocycles. The van der Waals surface area contributed by atoms with E-state index in [0.29, 0.717) is 13.2 Å². The molecule has 0 aromatic carbocycles. The summed E-state index contributed by atoms with van der Waals surface area (Å²) in [5, 5.41) is 9.00. The van der Waals surface area contributed by atoms with Crippen molar-refractivity contribution in [3.05, 3.63) is 21.3 Å². The maximum absolute atomic E-state index is 10.9. The SMILES string of the molecule is O=C(O)C1CC1C1(c2ccc(Cl)s2)COC1. The second-order valence-corrected chi connectivity index (χ2v) is 6.25. The van der Waals surface area contributed by atoms with Gasteiger partial charge in [0, 0.05) is 4.88 Å². The van der Waals surface area contributed by atoms with Crippen molar-refractivity contribution < 1.29 is 14.6 Å². The summed E-state index contributed by atoms with van der Waals surface area (Å²) < 4.78 is 6.06. The van der Waals surface area contributed by atoms with Crippen LogP contribution in [0, 0.1) is 11.8 Å². The highest BCUT2D eigenvalue weighted by atomic mass is 35.5. The smallest absolute Gasteiger partial charge is 0.306 e. The average Bonchev–Trinajstić information content (AvgIpc) is 2.83. The summed E-state index contributed by atoms with van der Waals surface area (Å²) in [4.78, 5) is 12.1. The van der Waals surface area contributed by atoms with E-state index in [9.17, 15) is 4.79 Å². The van der Waals surface area contributed by atoms with Gasteiger partial charge in [0.05, 0.1) is 28.9 Å². The molecular weight excluding hydrogens is 248 g/mol. The fourth-order valence-corrected chi connectivity index (χ4v) is 3.79. The Morgan fingerprint density at radius 3 is 2.69 bits per heavy atom. The van der Waals surface area contributed by atoms with Gasteiger partial charge in [-0.25, -0.2) is 0 Å². The van der Waals surface area contributed by atoms with Crippen molar-refractivity contribution in [1.82, 2.24) is 0 Å². The first-order valence-electron chi connectivity index (χ1n) is 5.20. The van der Waals surface area contributed by atoms with E-state index >= 15 is 0 Å². The molecule has 0 radical (unpaired) electrons. The van der Waals surface area contributed by atoms with Crippen LogP contribution in [0.25, 0.3) is 0 Å². The molecule has 5 heteroatoms. The molecule has 1 saturated carbocycles. The van der Waals surface area contributed by atoms with Crippen molar-refractivity contribution in [3.8, 4) is 0 Å². The quantitative estimate of drug-likeness (QED) is 0.906. The third-order valence-corrected chi connectivity index (χ3v) is 5.05. The van der Waals surface area contributed by atoms with Gasteiger partial charge in [0.1, 0.15) is 0 Å². The molecule has 3 nitrogen and oxygen atoms in total. The van der Waals surface area contributed by atoms with Crippen molar-refractivity contribution in [3.63, 3.8) is 0 Å². The van der Waals surface area contributed by atoms with E-state index in [1.165, 1.54) is 4.88 Å². The van der Waals surface area contributed by atoms with Gasteiger partial charge in [0.2, 0.25) is 0 Å². The van der Waals surface area contributed by atoms with Gasteiger partial charge < -0.3 is 9.84 Å². The minimum absolute atomic E-state index is 0.0686. The van der Waals surface area contributed by atoms with E-state index in [1.807, 2.05) is 12.1 Å². The third-order valence-electron chi connectivity index (χ3n) is 3.60. The van der Waals surface area contributed by atoms with E-state index in [-0.39, 0.29) is 17.3 Å². The Labute approximate surface area is 102 Å². The Bertz CT molecular complexity index is 438. The summed E-state index contributed by atoms with van der Waals surface area (Å²) in [6.07, 6.45) is 0.772. The minimum atomic E-state index is -0.682. The Morgan fingerprint density at radius 1 is 1.56 bits per heavy atom. The fraction of sp³-hybridized carbons (Fsp3) is 0.545. The van der Waals surface area contributed by atoms with Gasteiger partial charge in [-0.2, -0.15) is 0 Å². The third kappa shape index (κ3) is 1.40. The second kappa shape index (κ2) is 3.45. The van der Waals surface area contributed by atoms with Crippen LogP contribution in [-0.2, 0) is 14.9 Å². The van der Waals surface area contributed by atoms with Crippen LogP contribution in [0.3, 0.4) is 0 Å². The highest BCUT2D eigenvalue weighted by Gasteiger charge is 2.60. The van der Waals surface area contributed by atoms with E-state index in [1.54, 1.807) is 11.3 Å². The molecule has 16 heavy (non-hydrogen) atoms. The van der Waals surface area contributed by atoms with Crippen molar-refractivity contribution in [2.24, 2.45) is 11.8 Å². The molecule has 1 aromatic rings. The molecule has 1 aromatic heterocycles. The lowest BCUT2D eigenvalue weighted by Gasteiger charge is -2.41. The summed E-state index contributed by atoms with van der Waals surface area (Å²) in [5.41, 5.74) is -0.0686. The Balaban J connectivity index is 1.87. The van der Waals surface area contributed by atoms with Gasteiger partial charge in [-0.15, -0.1) is 11.3 Å². The molecule has 0 spiro atoms. The zero-order valence-corrected chi connectivity index (χ0v) is 10.1. The van der Waals surface area contributed by atoms with Gasteiger partial charge in [0.15, 0.2) is 0 Å². The van der Waals surface area contributed by atoms with E-state index < -0.39 is 5.97 Å². The highest BCUT2D eigenvalue weighted by Crippen LogP contribution is 2.57. The Morgan fingerprint density at radius 2 is 2.31 bits per heavy atom. The maximum Gasteiger partial charge on any atom is 0.306 e. The van der Waals surface area contributed by atoms with Crippen LogP contribution in [0.15, 0.2) is 12.1 Å². The number of carboxylic acid groups (broad SMARTS) is 1. The van der Waals surface area contributed by atoms with Gasteiger partial charge in [-0.05, 0) is 24.5 Å². The summed E-state index contributed by atoms with van der Waals surface area (Å²) >= 11 is 7.48. The van der Waals surface area contributed by atoms with Crippen LogP contribution in [-0.4, -0.2) is 24.3 Å². The first kappa shape index (κ1) is 10.6. The molecule has 1 saturated heterocycles. The van der Waals surface area contributed by atoms with Crippen molar-refractivity contribution in [2.45, 2.75) is 11.8 Å². The zero-order valence-electron chi connectivity index (χ0n) is 8.48. The van der Waals surface area contributed by atoms with E-state index in [4.69, 9.17) is 21.4 Å². The highest BCUT2D eigenvalue weighted by molar-refractivity contribution is 7.16. The lowest BCUT2D eigenvalue weighted by atomic mass is 9.78. The number of aliphatic carboxylic acids is 1. The van der Waals surface area contributed by atoms with Gasteiger partial charge in [0.25, 0.3) is 0 Å². The molecule has 2 aliphatic rings. The monoisotopic (exact) mass is 258 g/mol. The molecule has 2 atom stereocenters. The number of carboxylic acids is 1. The zero-order chi connectivity index (χ0) is 11.3. The Hall–Kier alpha value is -0.580. The molecule has 86 valence electrons. The number of hydrogen-bond donors (Lipinski definition) is 1. The second-order valence-electron chi connectivity index (χ2n) is 4.54. The minimum Gasteiger partial charge on any atom is -0.481 e. The molecule has 2 unspecified atom stereocenters. The van der Waals surface area contributed by atoms with Crippen LogP contribution in [0.5, 0.6) is 0 Å². The van der Waals surface area contributed by atoms with E-state index in [2.05, 4.69) is 0 Å². The molecule has 2 heterocycles. The van der Waals surface area contributed by atoms with Crippen LogP contribution >= 0.6 is 22.9 Å². The summed E-state index contributed by atoms with van der Waals surface area (Å²) in [7, 11) is 0. The first-order chi connectivity index (χ1) is 7.63. The lowest BCUT2D eigenvalue weighted by Crippen LogP contribution is -2.48. The number of halogens is 1. The number of ether oxygens (including phenoxy) is 1. The Kier molecular flexibility index (Phi) is 2.28. The molecule has 0 amide bonds. The van der Waals surface area contributed by atoms with Crippen molar-refractivity contribution in [2.75, 3.05) is 13.2 Å². The molecule has 1 aliphatic carbocycles.